The van der Waals surface area contributed by atoms with Gasteiger partial charge in [-0.2, -0.15) is 4.31 Å². The van der Waals surface area contributed by atoms with Crippen molar-refractivity contribution in [2.45, 2.75) is 11.5 Å². The number of nitrogens with zero attached hydrogens (tertiary/aromatic N) is 1. The number of hydrogen-bond donors (Lipinski definition) is 0. The number of benzene rings is 2. The highest BCUT2D eigenvalue weighted by molar-refractivity contribution is 7.89. The van der Waals surface area contributed by atoms with Crippen molar-refractivity contribution in [3.05, 3.63) is 71.8 Å². The molecule has 0 aliphatic carbocycles. The number of ether oxygens (including phenoxy) is 2. The summed E-state index contributed by atoms with van der Waals surface area (Å²) >= 11 is 0. The molecule has 0 N–H and O–H groups in total. The molecule has 0 bridgehead atoms. The molecule has 1 heterocycles. The van der Waals surface area contributed by atoms with Crippen LogP contribution in [-0.4, -0.2) is 45.0 Å². The van der Waals surface area contributed by atoms with Gasteiger partial charge in [0.1, 0.15) is 6.61 Å². The third kappa shape index (κ3) is 5.26. The minimum absolute atomic E-state index is 0.00440. The fraction of sp³-hybridized carbons (Fsp3) is 0.250. The minimum atomic E-state index is -3.57. The summed E-state index contributed by atoms with van der Waals surface area (Å²) in [7, 11) is -3.57. The third-order valence-electron chi connectivity index (χ3n) is 4.10. The average molecular weight is 387 g/mol. The van der Waals surface area contributed by atoms with Gasteiger partial charge in [0.15, 0.2) is 0 Å². The van der Waals surface area contributed by atoms with E-state index >= 15 is 0 Å². The molecule has 1 aliphatic heterocycles. The van der Waals surface area contributed by atoms with Crippen molar-refractivity contribution in [1.82, 2.24) is 4.31 Å². The van der Waals surface area contributed by atoms with Gasteiger partial charge in [0.2, 0.25) is 10.0 Å². The van der Waals surface area contributed by atoms with Crippen molar-refractivity contribution in [1.29, 1.82) is 0 Å². The molecule has 1 aliphatic rings. The van der Waals surface area contributed by atoms with Crippen LogP contribution in [0, 0.1) is 0 Å². The number of sulfonamides is 1. The van der Waals surface area contributed by atoms with E-state index in [1.807, 2.05) is 30.3 Å². The van der Waals surface area contributed by atoms with Crippen LogP contribution in [0.4, 0.5) is 0 Å². The van der Waals surface area contributed by atoms with Crippen molar-refractivity contribution in [3.8, 4) is 0 Å². The molecule has 3 rings (SSSR count). The molecule has 0 amide bonds. The highest BCUT2D eigenvalue weighted by Gasteiger charge is 2.26. The van der Waals surface area contributed by atoms with Crippen molar-refractivity contribution < 1.29 is 22.7 Å². The molecule has 1 saturated heterocycles. The number of morpholine rings is 1. The predicted octanol–water partition coefficient (Wildman–Crippen LogP) is 2.46. The lowest BCUT2D eigenvalue weighted by molar-refractivity contribution is -0.138. The van der Waals surface area contributed by atoms with Crippen molar-refractivity contribution >= 4 is 22.1 Å². The van der Waals surface area contributed by atoms with E-state index in [0.29, 0.717) is 31.9 Å². The standard InChI is InChI=1S/C20H21NO5S/c22-20(10-9-17-5-2-1-3-6-17)26-16-18-7-4-8-19(15-18)27(23,24)21-11-13-25-14-12-21/h1-10,15H,11-14,16H2/b10-9+. The topological polar surface area (TPSA) is 72.9 Å². The lowest BCUT2D eigenvalue weighted by Crippen LogP contribution is -2.40. The predicted molar refractivity (Wildman–Crippen MR) is 101 cm³/mol. The zero-order chi connectivity index (χ0) is 19.1. The fourth-order valence-corrected chi connectivity index (χ4v) is 4.14. The van der Waals surface area contributed by atoms with Gasteiger partial charge in [-0.05, 0) is 29.3 Å². The molecule has 0 spiro atoms. The second-order valence-corrected chi connectivity index (χ2v) is 7.95. The van der Waals surface area contributed by atoms with Gasteiger partial charge in [-0.1, -0.05) is 42.5 Å². The molecular formula is C20H21NO5S. The zero-order valence-electron chi connectivity index (χ0n) is 14.8. The molecule has 2 aromatic rings. The Morgan fingerprint density at radius 2 is 1.81 bits per heavy atom. The molecule has 1 fully saturated rings. The van der Waals surface area contributed by atoms with Crippen LogP contribution in [0.2, 0.25) is 0 Å². The largest absolute Gasteiger partial charge is 0.458 e. The van der Waals surface area contributed by atoms with Crippen LogP contribution in [-0.2, 0) is 30.9 Å². The summed E-state index contributed by atoms with van der Waals surface area (Å²) in [5, 5.41) is 0. The van der Waals surface area contributed by atoms with Gasteiger partial charge in [0, 0.05) is 19.2 Å². The lowest BCUT2D eigenvalue weighted by Gasteiger charge is -2.26. The normalized spacial score (nSPS) is 15.7. The molecule has 0 saturated carbocycles. The molecule has 0 atom stereocenters. The number of hydrogen-bond acceptors (Lipinski definition) is 5. The number of esters is 1. The summed E-state index contributed by atoms with van der Waals surface area (Å²) in [6, 6.07) is 15.9. The average Bonchev–Trinajstić information content (AvgIpc) is 2.72. The number of carbonyl (C=O) groups excluding carboxylic acids is 1. The minimum Gasteiger partial charge on any atom is -0.458 e. The van der Waals surface area contributed by atoms with E-state index in [1.165, 1.54) is 10.4 Å². The number of carbonyl (C=O) groups is 1. The Hall–Kier alpha value is -2.48. The Labute approximate surface area is 159 Å². The first-order valence-electron chi connectivity index (χ1n) is 8.62. The molecule has 2 aromatic carbocycles. The molecule has 142 valence electrons. The maximum atomic E-state index is 12.7. The van der Waals surface area contributed by atoms with E-state index in [1.54, 1.807) is 30.3 Å². The summed E-state index contributed by atoms with van der Waals surface area (Å²) in [6.45, 7) is 1.47. The first kappa shape index (κ1) is 19.3. The first-order valence-corrected chi connectivity index (χ1v) is 10.1. The van der Waals surface area contributed by atoms with Crippen LogP contribution >= 0.6 is 0 Å². The molecule has 7 heteroatoms. The summed E-state index contributed by atoms with van der Waals surface area (Å²) in [6.07, 6.45) is 3.02. The highest BCUT2D eigenvalue weighted by Crippen LogP contribution is 2.18. The second-order valence-electron chi connectivity index (χ2n) is 6.02. The molecule has 27 heavy (non-hydrogen) atoms. The van der Waals surface area contributed by atoms with Gasteiger partial charge in [0.05, 0.1) is 18.1 Å². The Bertz CT molecular complexity index is 903. The summed E-state index contributed by atoms with van der Waals surface area (Å²) in [4.78, 5) is 12.1. The molecular weight excluding hydrogens is 366 g/mol. The summed E-state index contributed by atoms with van der Waals surface area (Å²) < 4.78 is 37.2. The van der Waals surface area contributed by atoms with Crippen molar-refractivity contribution in [2.75, 3.05) is 26.3 Å². The van der Waals surface area contributed by atoms with Gasteiger partial charge in [-0.15, -0.1) is 0 Å². The van der Waals surface area contributed by atoms with E-state index in [9.17, 15) is 13.2 Å². The maximum Gasteiger partial charge on any atom is 0.331 e. The van der Waals surface area contributed by atoms with Crippen LogP contribution in [0.25, 0.3) is 6.08 Å². The van der Waals surface area contributed by atoms with Crippen LogP contribution in [0.15, 0.2) is 65.6 Å². The highest BCUT2D eigenvalue weighted by atomic mass is 32.2. The fourth-order valence-electron chi connectivity index (χ4n) is 2.66. The molecule has 6 nitrogen and oxygen atoms in total. The van der Waals surface area contributed by atoms with Crippen LogP contribution in [0.3, 0.4) is 0 Å². The first-order chi connectivity index (χ1) is 13.1. The van der Waals surface area contributed by atoms with Gasteiger partial charge in [-0.3, -0.25) is 0 Å². The quantitative estimate of drug-likeness (QED) is 0.562. The lowest BCUT2D eigenvalue weighted by atomic mass is 10.2. The van der Waals surface area contributed by atoms with Gasteiger partial charge in [0.25, 0.3) is 0 Å². The Morgan fingerprint density at radius 1 is 1.07 bits per heavy atom. The smallest absolute Gasteiger partial charge is 0.331 e. The van der Waals surface area contributed by atoms with E-state index in [4.69, 9.17) is 9.47 Å². The van der Waals surface area contributed by atoms with Crippen molar-refractivity contribution in [2.24, 2.45) is 0 Å². The third-order valence-corrected chi connectivity index (χ3v) is 5.99. The van der Waals surface area contributed by atoms with E-state index in [0.717, 1.165) is 5.56 Å². The van der Waals surface area contributed by atoms with E-state index in [-0.39, 0.29) is 11.5 Å². The van der Waals surface area contributed by atoms with Crippen molar-refractivity contribution in [3.63, 3.8) is 0 Å². The summed E-state index contributed by atoms with van der Waals surface area (Å²) in [5.74, 6) is -0.486. The van der Waals surface area contributed by atoms with Crippen LogP contribution in [0.5, 0.6) is 0 Å². The Kier molecular flexibility index (Phi) is 6.39. The monoisotopic (exact) mass is 387 g/mol. The van der Waals surface area contributed by atoms with Gasteiger partial charge in [-0.25, -0.2) is 13.2 Å². The van der Waals surface area contributed by atoms with Gasteiger partial charge >= 0.3 is 5.97 Å². The number of rotatable bonds is 6. The van der Waals surface area contributed by atoms with E-state index in [2.05, 4.69) is 0 Å². The van der Waals surface area contributed by atoms with Crippen LogP contribution < -0.4 is 0 Å². The van der Waals surface area contributed by atoms with Gasteiger partial charge < -0.3 is 9.47 Å². The maximum absolute atomic E-state index is 12.7. The zero-order valence-corrected chi connectivity index (χ0v) is 15.6. The Morgan fingerprint density at radius 3 is 2.56 bits per heavy atom. The molecule has 0 radical (unpaired) electrons. The molecule has 0 aromatic heterocycles. The van der Waals surface area contributed by atoms with Crippen LogP contribution in [0.1, 0.15) is 11.1 Å². The summed E-state index contributed by atoms with van der Waals surface area (Å²) in [5.41, 5.74) is 1.51. The second kappa shape index (κ2) is 8.94. The SMILES string of the molecule is O=C(/C=C/c1ccccc1)OCc1cccc(S(=O)(=O)N2CCOCC2)c1. The molecule has 0 unspecified atom stereocenters. The van der Waals surface area contributed by atoms with E-state index < -0.39 is 16.0 Å². The Balaban J connectivity index is 1.62.